The van der Waals surface area contributed by atoms with Gasteiger partial charge in [0.05, 0.1) is 18.4 Å². The predicted molar refractivity (Wildman–Crippen MR) is 131 cm³/mol. The van der Waals surface area contributed by atoms with Crippen molar-refractivity contribution in [3.8, 4) is 11.5 Å². The highest BCUT2D eigenvalue weighted by Crippen LogP contribution is 2.25. The number of unbranched alkanes of at least 4 members (excludes halogenated alkanes) is 3. The molecule has 0 spiro atoms. The van der Waals surface area contributed by atoms with Gasteiger partial charge in [0.25, 0.3) is 5.91 Å². The lowest BCUT2D eigenvalue weighted by Crippen LogP contribution is -2.34. The third-order valence-corrected chi connectivity index (χ3v) is 5.40. The Labute approximate surface area is 195 Å². The second-order valence-corrected chi connectivity index (χ2v) is 8.19. The van der Waals surface area contributed by atoms with Crippen LogP contribution in [0.15, 0.2) is 48.5 Å². The summed E-state index contributed by atoms with van der Waals surface area (Å²) in [5, 5.41) is 5.97. The number of rotatable bonds is 11. The van der Waals surface area contributed by atoms with Gasteiger partial charge < -0.3 is 19.5 Å². The molecule has 1 aliphatic heterocycles. The lowest BCUT2D eigenvalue weighted by atomic mass is 10.2. The summed E-state index contributed by atoms with van der Waals surface area (Å²) in [6.45, 7) is 4.15. The molecule has 0 saturated carbocycles. The summed E-state index contributed by atoms with van der Waals surface area (Å²) in [4.78, 5) is 12.5. The fraction of sp³-hybridized carbons (Fsp3) is 0.440. The number of hydrogen-bond acceptors (Lipinski definition) is 5. The van der Waals surface area contributed by atoms with Gasteiger partial charge in [-0.25, -0.2) is 0 Å². The topological polar surface area (TPSA) is 68.8 Å². The Morgan fingerprint density at radius 3 is 2.66 bits per heavy atom. The summed E-state index contributed by atoms with van der Waals surface area (Å²) in [5.41, 5.74) is 1.21. The highest BCUT2D eigenvalue weighted by atomic mass is 32.1. The first-order chi connectivity index (χ1) is 15.7. The van der Waals surface area contributed by atoms with Crippen molar-refractivity contribution in [1.29, 1.82) is 0 Å². The van der Waals surface area contributed by atoms with Gasteiger partial charge in [-0.3, -0.25) is 10.1 Å². The summed E-state index contributed by atoms with van der Waals surface area (Å²) in [7, 11) is 0. The van der Waals surface area contributed by atoms with E-state index in [-0.39, 0.29) is 17.1 Å². The summed E-state index contributed by atoms with van der Waals surface area (Å²) in [5.74, 6) is 1.14. The van der Waals surface area contributed by atoms with Crippen molar-refractivity contribution in [1.82, 2.24) is 5.32 Å². The minimum Gasteiger partial charge on any atom is -0.494 e. The van der Waals surface area contributed by atoms with Gasteiger partial charge in [-0.15, -0.1) is 0 Å². The number of benzene rings is 2. The van der Waals surface area contributed by atoms with E-state index in [1.165, 1.54) is 19.3 Å². The van der Waals surface area contributed by atoms with Gasteiger partial charge in [0, 0.05) is 12.2 Å². The molecule has 1 atom stereocenters. The summed E-state index contributed by atoms with van der Waals surface area (Å²) >= 11 is 5.33. The molecule has 1 saturated heterocycles. The van der Waals surface area contributed by atoms with Gasteiger partial charge in [0.1, 0.15) is 18.1 Å². The Morgan fingerprint density at radius 2 is 1.91 bits per heavy atom. The number of para-hydroxylation sites is 2. The summed E-state index contributed by atoms with van der Waals surface area (Å²) in [6, 6.07) is 14.6. The van der Waals surface area contributed by atoms with Crippen LogP contribution in [0.1, 0.15) is 55.8 Å². The lowest BCUT2D eigenvalue weighted by Gasteiger charge is -2.16. The highest BCUT2D eigenvalue weighted by Gasteiger charge is 2.17. The number of carbonyl (C=O) groups excluding carboxylic acids is 1. The Bertz CT molecular complexity index is 867. The third kappa shape index (κ3) is 7.80. The van der Waals surface area contributed by atoms with Crippen molar-refractivity contribution in [2.45, 2.75) is 51.6 Å². The molecule has 2 aromatic rings. The number of thiocarbonyl (C=S) groups is 1. The van der Waals surface area contributed by atoms with E-state index in [9.17, 15) is 4.79 Å². The number of nitrogens with one attached hydrogen (secondary N) is 2. The molecule has 7 heteroatoms. The molecule has 2 aromatic carbocycles. The quantitative estimate of drug-likeness (QED) is 0.352. The van der Waals surface area contributed by atoms with Gasteiger partial charge >= 0.3 is 0 Å². The minimum atomic E-state index is -0.283. The second kappa shape index (κ2) is 13.0. The monoisotopic (exact) mass is 456 g/mol. The maximum Gasteiger partial charge on any atom is 0.257 e. The van der Waals surface area contributed by atoms with Crippen LogP contribution >= 0.6 is 12.2 Å². The van der Waals surface area contributed by atoms with E-state index in [0.717, 1.165) is 31.6 Å². The van der Waals surface area contributed by atoms with Crippen LogP contribution in [0.25, 0.3) is 0 Å². The summed E-state index contributed by atoms with van der Waals surface area (Å²) in [6.07, 6.45) is 6.83. The Morgan fingerprint density at radius 1 is 1.09 bits per heavy atom. The van der Waals surface area contributed by atoms with E-state index < -0.39 is 0 Å². The number of anilines is 1. The number of carbonyl (C=O) groups is 1. The molecule has 172 valence electrons. The van der Waals surface area contributed by atoms with Crippen LogP contribution in [0, 0.1) is 0 Å². The maximum atomic E-state index is 12.5. The zero-order valence-electron chi connectivity index (χ0n) is 18.6. The van der Waals surface area contributed by atoms with E-state index in [2.05, 4.69) is 17.6 Å². The first kappa shape index (κ1) is 24.0. The normalized spacial score (nSPS) is 15.2. The molecule has 0 aromatic heterocycles. The third-order valence-electron chi connectivity index (χ3n) is 5.19. The van der Waals surface area contributed by atoms with E-state index in [0.29, 0.717) is 30.2 Å². The molecular weight excluding hydrogens is 424 g/mol. The van der Waals surface area contributed by atoms with Gasteiger partial charge in [-0.1, -0.05) is 38.3 Å². The van der Waals surface area contributed by atoms with Gasteiger partial charge in [-0.05, 0) is 67.9 Å². The van der Waals surface area contributed by atoms with Crippen LogP contribution in [-0.2, 0) is 4.74 Å². The molecule has 1 heterocycles. The van der Waals surface area contributed by atoms with Crippen LogP contribution in [0.2, 0.25) is 0 Å². The molecule has 0 bridgehead atoms. The fourth-order valence-electron chi connectivity index (χ4n) is 3.40. The molecule has 6 nitrogen and oxygen atoms in total. The molecule has 1 unspecified atom stereocenters. The lowest BCUT2D eigenvalue weighted by molar-refractivity contribution is 0.0682. The van der Waals surface area contributed by atoms with Crippen molar-refractivity contribution in [2.75, 3.05) is 25.1 Å². The van der Waals surface area contributed by atoms with E-state index in [1.807, 2.05) is 24.3 Å². The zero-order valence-corrected chi connectivity index (χ0v) is 19.4. The largest absolute Gasteiger partial charge is 0.494 e. The standard InChI is InChI=1S/C25H32N2O4S/c1-2-3-4-7-16-29-20-14-12-19(13-15-20)24(28)27-25(32)26-22-10-5-6-11-23(22)31-18-21-9-8-17-30-21/h5-6,10-15,21H,2-4,7-9,16-18H2,1H3,(H2,26,27,28,32). The minimum absolute atomic E-state index is 0.123. The molecule has 0 aliphatic carbocycles. The van der Waals surface area contributed by atoms with Crippen molar-refractivity contribution >= 4 is 28.9 Å². The first-order valence-electron chi connectivity index (χ1n) is 11.3. The van der Waals surface area contributed by atoms with Gasteiger partial charge in [0.15, 0.2) is 5.11 Å². The average molecular weight is 457 g/mol. The molecule has 1 amide bonds. The van der Waals surface area contributed by atoms with Crippen LogP contribution in [0.5, 0.6) is 11.5 Å². The van der Waals surface area contributed by atoms with Crippen LogP contribution < -0.4 is 20.1 Å². The highest BCUT2D eigenvalue weighted by molar-refractivity contribution is 7.80. The fourth-order valence-corrected chi connectivity index (χ4v) is 3.61. The Kier molecular flexibility index (Phi) is 9.78. The Hall–Kier alpha value is -2.64. The Balaban J connectivity index is 1.47. The molecular formula is C25H32N2O4S. The molecule has 3 rings (SSSR count). The van der Waals surface area contributed by atoms with Crippen LogP contribution in [-0.4, -0.2) is 36.9 Å². The smallest absolute Gasteiger partial charge is 0.257 e. The number of hydrogen-bond donors (Lipinski definition) is 2. The van der Waals surface area contributed by atoms with Gasteiger partial charge in [-0.2, -0.15) is 0 Å². The summed E-state index contributed by atoms with van der Waals surface area (Å²) < 4.78 is 17.2. The molecule has 2 N–H and O–H groups in total. The molecule has 1 aliphatic rings. The molecule has 0 radical (unpaired) electrons. The number of amides is 1. The van der Waals surface area contributed by atoms with Crippen molar-refractivity contribution in [3.63, 3.8) is 0 Å². The predicted octanol–water partition coefficient (Wildman–Crippen LogP) is 5.33. The van der Waals surface area contributed by atoms with Crippen LogP contribution in [0.4, 0.5) is 5.69 Å². The van der Waals surface area contributed by atoms with E-state index in [1.54, 1.807) is 24.3 Å². The van der Waals surface area contributed by atoms with Crippen molar-refractivity contribution < 1.29 is 19.0 Å². The van der Waals surface area contributed by atoms with Crippen LogP contribution in [0.3, 0.4) is 0 Å². The SMILES string of the molecule is CCCCCCOc1ccc(C(=O)NC(=S)Nc2ccccc2OCC2CCCO2)cc1. The van der Waals surface area contributed by atoms with Gasteiger partial charge in [0.2, 0.25) is 0 Å². The van der Waals surface area contributed by atoms with E-state index in [4.69, 9.17) is 26.4 Å². The molecule has 1 fully saturated rings. The van der Waals surface area contributed by atoms with Crippen molar-refractivity contribution in [3.05, 3.63) is 54.1 Å². The second-order valence-electron chi connectivity index (χ2n) is 7.78. The van der Waals surface area contributed by atoms with E-state index >= 15 is 0 Å². The molecule has 32 heavy (non-hydrogen) atoms. The zero-order chi connectivity index (χ0) is 22.6. The first-order valence-corrected chi connectivity index (χ1v) is 11.7. The van der Waals surface area contributed by atoms with Crippen molar-refractivity contribution in [2.24, 2.45) is 0 Å². The average Bonchev–Trinajstić information content (AvgIpc) is 3.32. The number of ether oxygens (including phenoxy) is 3. The maximum absolute atomic E-state index is 12.5.